The van der Waals surface area contributed by atoms with Gasteiger partial charge in [-0.25, -0.2) is 4.39 Å². The van der Waals surface area contributed by atoms with Gasteiger partial charge in [-0.05, 0) is 36.4 Å². The molecule has 0 fully saturated rings. The Bertz CT molecular complexity index is 717. The number of anilines is 1. The SMILES string of the molecule is NC(=O)c1ccc(NC(=O)c2cc(F)cc(Br)c2)cc1Cl. The predicted octanol–water partition coefficient (Wildman–Crippen LogP) is 3.59. The van der Waals surface area contributed by atoms with Crippen LogP contribution in [0, 0.1) is 5.82 Å². The van der Waals surface area contributed by atoms with Gasteiger partial charge in [-0.1, -0.05) is 27.5 Å². The molecule has 0 saturated heterocycles. The van der Waals surface area contributed by atoms with E-state index in [0.29, 0.717) is 10.2 Å². The fourth-order valence-corrected chi connectivity index (χ4v) is 2.42. The summed E-state index contributed by atoms with van der Waals surface area (Å²) in [6, 6.07) is 8.13. The van der Waals surface area contributed by atoms with Crippen molar-refractivity contribution >= 4 is 45.0 Å². The van der Waals surface area contributed by atoms with Crippen LogP contribution in [0.2, 0.25) is 5.02 Å². The summed E-state index contributed by atoms with van der Waals surface area (Å²) >= 11 is 9.00. The summed E-state index contributed by atoms with van der Waals surface area (Å²) in [6.45, 7) is 0. The zero-order valence-electron chi connectivity index (χ0n) is 10.5. The zero-order valence-corrected chi connectivity index (χ0v) is 12.8. The van der Waals surface area contributed by atoms with Gasteiger partial charge in [0.05, 0.1) is 10.6 Å². The molecule has 0 aliphatic rings. The lowest BCUT2D eigenvalue weighted by Crippen LogP contribution is -2.14. The number of primary amides is 1. The molecule has 3 N–H and O–H groups in total. The maximum atomic E-state index is 13.3. The number of hydrogen-bond donors (Lipinski definition) is 2. The Balaban J connectivity index is 2.23. The van der Waals surface area contributed by atoms with Gasteiger partial charge < -0.3 is 11.1 Å². The van der Waals surface area contributed by atoms with Crippen LogP contribution in [0.15, 0.2) is 40.9 Å². The Morgan fingerprint density at radius 3 is 2.48 bits per heavy atom. The highest BCUT2D eigenvalue weighted by Gasteiger charge is 2.11. The molecule has 0 bridgehead atoms. The Kier molecular flexibility index (Phi) is 4.59. The van der Waals surface area contributed by atoms with Crippen LogP contribution in [-0.4, -0.2) is 11.8 Å². The standard InChI is InChI=1S/C14H9BrClFN2O2/c15-8-3-7(4-9(17)5-8)14(21)19-10-1-2-11(13(18)20)12(16)6-10/h1-6H,(H2,18,20)(H,19,21). The average Bonchev–Trinajstić information content (AvgIpc) is 2.37. The summed E-state index contributed by atoms with van der Waals surface area (Å²) in [5.41, 5.74) is 5.81. The number of rotatable bonds is 3. The summed E-state index contributed by atoms with van der Waals surface area (Å²) in [4.78, 5) is 23.1. The van der Waals surface area contributed by atoms with Crippen LogP contribution < -0.4 is 11.1 Å². The minimum Gasteiger partial charge on any atom is -0.366 e. The van der Waals surface area contributed by atoms with Gasteiger partial charge >= 0.3 is 0 Å². The van der Waals surface area contributed by atoms with Crippen molar-refractivity contribution in [3.05, 3.63) is 62.8 Å². The van der Waals surface area contributed by atoms with Gasteiger partial charge in [0.15, 0.2) is 0 Å². The molecule has 2 aromatic rings. The molecule has 0 heterocycles. The summed E-state index contributed by atoms with van der Waals surface area (Å²) < 4.78 is 13.7. The first-order valence-corrected chi connectivity index (χ1v) is 6.90. The van der Waals surface area contributed by atoms with Crippen LogP contribution in [0.4, 0.5) is 10.1 Å². The zero-order chi connectivity index (χ0) is 15.6. The van der Waals surface area contributed by atoms with Crippen molar-refractivity contribution in [3.63, 3.8) is 0 Å². The van der Waals surface area contributed by atoms with Crippen LogP contribution in [0.5, 0.6) is 0 Å². The van der Waals surface area contributed by atoms with Gasteiger partial charge in [-0.2, -0.15) is 0 Å². The maximum absolute atomic E-state index is 13.3. The molecule has 7 heteroatoms. The highest BCUT2D eigenvalue weighted by Crippen LogP contribution is 2.22. The van der Waals surface area contributed by atoms with Gasteiger partial charge in [0, 0.05) is 15.7 Å². The molecule has 21 heavy (non-hydrogen) atoms. The largest absolute Gasteiger partial charge is 0.366 e. The van der Waals surface area contributed by atoms with Crippen LogP contribution in [0.1, 0.15) is 20.7 Å². The highest BCUT2D eigenvalue weighted by molar-refractivity contribution is 9.10. The molecule has 0 spiro atoms. The second kappa shape index (κ2) is 6.24. The number of carbonyl (C=O) groups is 2. The molecule has 4 nitrogen and oxygen atoms in total. The Labute approximate surface area is 133 Å². The summed E-state index contributed by atoms with van der Waals surface area (Å²) in [7, 11) is 0. The lowest BCUT2D eigenvalue weighted by Gasteiger charge is -2.08. The molecular formula is C14H9BrClFN2O2. The second-order valence-electron chi connectivity index (χ2n) is 4.17. The smallest absolute Gasteiger partial charge is 0.255 e. The number of amides is 2. The van der Waals surface area contributed by atoms with Crippen molar-refractivity contribution < 1.29 is 14.0 Å². The van der Waals surface area contributed by atoms with Crippen LogP contribution in [0.25, 0.3) is 0 Å². The monoisotopic (exact) mass is 370 g/mol. The number of nitrogens with one attached hydrogen (secondary N) is 1. The van der Waals surface area contributed by atoms with Crippen molar-refractivity contribution in [2.24, 2.45) is 5.73 Å². The van der Waals surface area contributed by atoms with E-state index in [1.165, 1.54) is 30.3 Å². The van der Waals surface area contributed by atoms with Crippen LogP contribution in [-0.2, 0) is 0 Å². The summed E-state index contributed by atoms with van der Waals surface area (Å²) in [5.74, 6) is -1.69. The average molecular weight is 372 g/mol. The van der Waals surface area contributed by atoms with Crippen molar-refractivity contribution in [1.82, 2.24) is 0 Å². The molecule has 0 aliphatic heterocycles. The lowest BCUT2D eigenvalue weighted by atomic mass is 10.1. The van der Waals surface area contributed by atoms with Crippen LogP contribution in [0.3, 0.4) is 0 Å². The van der Waals surface area contributed by atoms with E-state index in [1.54, 1.807) is 0 Å². The van der Waals surface area contributed by atoms with Crippen molar-refractivity contribution in [1.29, 1.82) is 0 Å². The minimum absolute atomic E-state index is 0.126. The van der Waals surface area contributed by atoms with Gasteiger partial charge in [0.1, 0.15) is 5.82 Å². The van der Waals surface area contributed by atoms with E-state index in [-0.39, 0.29) is 16.1 Å². The lowest BCUT2D eigenvalue weighted by molar-refractivity contribution is 0.0998. The van der Waals surface area contributed by atoms with Crippen molar-refractivity contribution in [3.8, 4) is 0 Å². The third-order valence-electron chi connectivity index (χ3n) is 2.62. The molecule has 2 rings (SSSR count). The molecular weight excluding hydrogens is 363 g/mol. The summed E-state index contributed by atoms with van der Waals surface area (Å²) in [5, 5.41) is 2.68. The Morgan fingerprint density at radius 1 is 1.19 bits per heavy atom. The fourth-order valence-electron chi connectivity index (χ4n) is 1.68. The van der Waals surface area contributed by atoms with Gasteiger partial charge in [-0.3, -0.25) is 9.59 Å². The Hall–Kier alpha value is -1.92. The van der Waals surface area contributed by atoms with E-state index in [9.17, 15) is 14.0 Å². The molecule has 0 unspecified atom stereocenters. The van der Waals surface area contributed by atoms with E-state index < -0.39 is 17.6 Å². The topological polar surface area (TPSA) is 72.2 Å². The van der Waals surface area contributed by atoms with E-state index in [4.69, 9.17) is 17.3 Å². The molecule has 0 saturated carbocycles. The second-order valence-corrected chi connectivity index (χ2v) is 5.49. The number of nitrogens with two attached hydrogens (primary N) is 1. The van der Waals surface area contributed by atoms with Gasteiger partial charge in [0.2, 0.25) is 5.91 Å². The molecule has 0 aromatic heterocycles. The van der Waals surface area contributed by atoms with Crippen molar-refractivity contribution in [2.45, 2.75) is 0 Å². The fraction of sp³-hybridized carbons (Fsp3) is 0. The number of benzene rings is 2. The first kappa shape index (κ1) is 15.5. The third-order valence-corrected chi connectivity index (χ3v) is 3.39. The number of halogens is 3. The quantitative estimate of drug-likeness (QED) is 0.865. The minimum atomic E-state index is -0.660. The normalized spacial score (nSPS) is 10.2. The maximum Gasteiger partial charge on any atom is 0.255 e. The van der Waals surface area contributed by atoms with E-state index in [1.807, 2.05) is 0 Å². The predicted molar refractivity (Wildman–Crippen MR) is 82.0 cm³/mol. The van der Waals surface area contributed by atoms with Gasteiger partial charge in [-0.15, -0.1) is 0 Å². The van der Waals surface area contributed by atoms with Crippen LogP contribution >= 0.6 is 27.5 Å². The van der Waals surface area contributed by atoms with E-state index in [0.717, 1.165) is 6.07 Å². The molecule has 0 atom stereocenters. The molecule has 2 aromatic carbocycles. The third kappa shape index (κ3) is 3.80. The number of hydrogen-bond acceptors (Lipinski definition) is 2. The molecule has 108 valence electrons. The van der Waals surface area contributed by atoms with Gasteiger partial charge in [0.25, 0.3) is 5.91 Å². The number of carbonyl (C=O) groups excluding carboxylic acids is 2. The van der Waals surface area contributed by atoms with E-state index >= 15 is 0 Å². The first-order chi connectivity index (χ1) is 9.86. The Morgan fingerprint density at radius 2 is 1.90 bits per heavy atom. The molecule has 2 amide bonds. The molecule has 0 radical (unpaired) electrons. The first-order valence-electron chi connectivity index (χ1n) is 5.73. The highest BCUT2D eigenvalue weighted by atomic mass is 79.9. The summed E-state index contributed by atoms with van der Waals surface area (Å²) in [6.07, 6.45) is 0. The molecule has 0 aliphatic carbocycles. The van der Waals surface area contributed by atoms with Crippen molar-refractivity contribution in [2.75, 3.05) is 5.32 Å². The van der Waals surface area contributed by atoms with E-state index in [2.05, 4.69) is 21.2 Å².